The molecule has 0 spiro atoms. The number of ether oxygens (including phenoxy) is 1. The van der Waals surface area contributed by atoms with Crippen molar-refractivity contribution in [3.8, 4) is 5.88 Å². The third-order valence-corrected chi connectivity index (χ3v) is 2.19. The van der Waals surface area contributed by atoms with Crippen LogP contribution in [-0.4, -0.2) is 43.7 Å². The number of pyridine rings is 1. The first-order valence-electron chi connectivity index (χ1n) is 5.66. The van der Waals surface area contributed by atoms with Gasteiger partial charge in [-0.25, -0.2) is 4.98 Å². The van der Waals surface area contributed by atoms with E-state index in [4.69, 9.17) is 4.74 Å². The van der Waals surface area contributed by atoms with Crippen molar-refractivity contribution in [2.45, 2.75) is 13.5 Å². The Bertz CT molecular complexity index is 302. The Morgan fingerprint density at radius 2 is 2.25 bits per heavy atom. The predicted molar refractivity (Wildman–Crippen MR) is 65.7 cm³/mol. The molecule has 4 nitrogen and oxygen atoms in total. The molecule has 0 aliphatic carbocycles. The summed E-state index contributed by atoms with van der Waals surface area (Å²) >= 11 is 0. The molecule has 0 amide bonds. The Kier molecular flexibility index (Phi) is 5.82. The van der Waals surface area contributed by atoms with Gasteiger partial charge in [0.1, 0.15) is 6.61 Å². The molecule has 0 saturated heterocycles. The van der Waals surface area contributed by atoms with Gasteiger partial charge in [0.2, 0.25) is 5.88 Å². The van der Waals surface area contributed by atoms with Crippen LogP contribution in [0.5, 0.6) is 5.88 Å². The van der Waals surface area contributed by atoms with Crippen LogP contribution >= 0.6 is 0 Å². The number of aromatic nitrogens is 1. The van der Waals surface area contributed by atoms with Gasteiger partial charge in [-0.3, -0.25) is 0 Å². The highest BCUT2D eigenvalue weighted by Crippen LogP contribution is 2.13. The Hall–Kier alpha value is -1.13. The van der Waals surface area contributed by atoms with Crippen LogP contribution in [0.2, 0.25) is 0 Å². The molecule has 0 aliphatic heterocycles. The number of nitrogens with zero attached hydrogens (tertiary/aromatic N) is 2. The first-order chi connectivity index (χ1) is 7.74. The number of likely N-dealkylation sites (N-methyl/N-ethyl adjacent to an activating group) is 1. The fourth-order valence-electron chi connectivity index (χ4n) is 1.27. The van der Waals surface area contributed by atoms with Crippen LogP contribution in [0.4, 0.5) is 0 Å². The molecule has 1 aromatic heterocycles. The molecule has 90 valence electrons. The lowest BCUT2D eigenvalue weighted by atomic mass is 10.2. The SMILES string of the molecule is CCNCc1cccnc1OCCN(C)C. The molecule has 1 heterocycles. The van der Waals surface area contributed by atoms with Crippen LogP contribution in [0.1, 0.15) is 12.5 Å². The maximum Gasteiger partial charge on any atom is 0.217 e. The number of hydrogen-bond acceptors (Lipinski definition) is 4. The zero-order chi connectivity index (χ0) is 11.8. The fourth-order valence-corrected chi connectivity index (χ4v) is 1.27. The summed E-state index contributed by atoms with van der Waals surface area (Å²) < 4.78 is 5.65. The molecule has 0 atom stereocenters. The van der Waals surface area contributed by atoms with E-state index in [0.717, 1.165) is 31.1 Å². The number of nitrogens with one attached hydrogen (secondary N) is 1. The lowest BCUT2D eigenvalue weighted by Gasteiger charge is -2.13. The molecule has 4 heteroatoms. The Labute approximate surface area is 97.6 Å². The van der Waals surface area contributed by atoms with E-state index < -0.39 is 0 Å². The van der Waals surface area contributed by atoms with Crippen molar-refractivity contribution in [3.63, 3.8) is 0 Å². The summed E-state index contributed by atoms with van der Waals surface area (Å²) in [5.41, 5.74) is 1.11. The topological polar surface area (TPSA) is 37.4 Å². The summed E-state index contributed by atoms with van der Waals surface area (Å²) in [6.07, 6.45) is 1.76. The first kappa shape index (κ1) is 12.9. The minimum Gasteiger partial charge on any atom is -0.476 e. The highest BCUT2D eigenvalue weighted by molar-refractivity contribution is 5.25. The van der Waals surface area contributed by atoms with E-state index in [1.165, 1.54) is 0 Å². The van der Waals surface area contributed by atoms with Gasteiger partial charge in [-0.2, -0.15) is 0 Å². The maximum atomic E-state index is 5.65. The van der Waals surface area contributed by atoms with Crippen molar-refractivity contribution < 1.29 is 4.74 Å². The van der Waals surface area contributed by atoms with Crippen LogP contribution < -0.4 is 10.1 Å². The average molecular weight is 223 g/mol. The molecule has 0 aliphatic rings. The molecule has 1 N–H and O–H groups in total. The molecule has 1 rings (SSSR count). The van der Waals surface area contributed by atoms with E-state index in [1.54, 1.807) is 6.20 Å². The van der Waals surface area contributed by atoms with Crippen LogP contribution in [0.3, 0.4) is 0 Å². The summed E-state index contributed by atoms with van der Waals surface area (Å²) in [6.45, 7) is 5.41. The van der Waals surface area contributed by atoms with Crippen molar-refractivity contribution in [1.29, 1.82) is 0 Å². The van der Waals surface area contributed by atoms with E-state index in [9.17, 15) is 0 Å². The molecule has 16 heavy (non-hydrogen) atoms. The van der Waals surface area contributed by atoms with E-state index in [1.807, 2.05) is 26.2 Å². The summed E-state index contributed by atoms with van der Waals surface area (Å²) in [5.74, 6) is 0.741. The largest absolute Gasteiger partial charge is 0.476 e. The maximum absolute atomic E-state index is 5.65. The third kappa shape index (κ3) is 4.59. The van der Waals surface area contributed by atoms with Gasteiger partial charge in [-0.1, -0.05) is 13.0 Å². The second-order valence-corrected chi connectivity index (χ2v) is 3.90. The molecule has 1 aromatic rings. The van der Waals surface area contributed by atoms with Gasteiger partial charge in [0.15, 0.2) is 0 Å². The highest BCUT2D eigenvalue weighted by atomic mass is 16.5. The Balaban J connectivity index is 2.49. The standard InChI is InChI=1S/C12H21N3O/c1-4-13-10-11-6-5-7-14-12(11)16-9-8-15(2)3/h5-7,13H,4,8-10H2,1-3H3. The van der Waals surface area contributed by atoms with E-state index in [-0.39, 0.29) is 0 Å². The van der Waals surface area contributed by atoms with Gasteiger partial charge in [0.25, 0.3) is 0 Å². The van der Waals surface area contributed by atoms with Gasteiger partial charge in [0.05, 0.1) is 0 Å². The molecular weight excluding hydrogens is 202 g/mol. The molecule has 0 fully saturated rings. The van der Waals surface area contributed by atoms with Crippen molar-refractivity contribution >= 4 is 0 Å². The lowest BCUT2D eigenvalue weighted by Crippen LogP contribution is -2.20. The normalized spacial score (nSPS) is 10.8. The Morgan fingerprint density at radius 1 is 1.44 bits per heavy atom. The molecule has 0 aromatic carbocycles. The van der Waals surface area contributed by atoms with E-state index >= 15 is 0 Å². The second kappa shape index (κ2) is 7.19. The van der Waals surface area contributed by atoms with Crippen LogP contribution in [0, 0.1) is 0 Å². The summed E-state index contributed by atoms with van der Waals surface area (Å²) in [5, 5.41) is 3.27. The summed E-state index contributed by atoms with van der Waals surface area (Å²) in [4.78, 5) is 6.34. The lowest BCUT2D eigenvalue weighted by molar-refractivity contribution is 0.251. The molecule has 0 radical (unpaired) electrons. The van der Waals surface area contributed by atoms with Crippen molar-refractivity contribution in [1.82, 2.24) is 15.2 Å². The molecular formula is C12H21N3O. The second-order valence-electron chi connectivity index (χ2n) is 3.90. The smallest absolute Gasteiger partial charge is 0.217 e. The summed E-state index contributed by atoms with van der Waals surface area (Å²) in [7, 11) is 4.06. The highest BCUT2D eigenvalue weighted by Gasteiger charge is 2.03. The minimum absolute atomic E-state index is 0.670. The van der Waals surface area contributed by atoms with Gasteiger partial charge >= 0.3 is 0 Å². The van der Waals surface area contributed by atoms with Crippen molar-refractivity contribution in [2.24, 2.45) is 0 Å². The fraction of sp³-hybridized carbons (Fsp3) is 0.583. The third-order valence-electron chi connectivity index (χ3n) is 2.19. The summed E-state index contributed by atoms with van der Waals surface area (Å²) in [6, 6.07) is 3.98. The van der Waals surface area contributed by atoms with Gasteiger partial charge < -0.3 is 15.0 Å². The molecule has 0 bridgehead atoms. The Morgan fingerprint density at radius 3 is 2.94 bits per heavy atom. The van der Waals surface area contributed by atoms with Crippen LogP contribution in [0.25, 0.3) is 0 Å². The van der Waals surface area contributed by atoms with Gasteiger partial charge in [0, 0.05) is 24.8 Å². The quantitative estimate of drug-likeness (QED) is 0.752. The zero-order valence-corrected chi connectivity index (χ0v) is 10.4. The molecule has 0 unspecified atom stereocenters. The van der Waals surface area contributed by atoms with Crippen LogP contribution in [0.15, 0.2) is 18.3 Å². The number of hydrogen-bond donors (Lipinski definition) is 1. The minimum atomic E-state index is 0.670. The van der Waals surface area contributed by atoms with Crippen molar-refractivity contribution in [3.05, 3.63) is 23.9 Å². The van der Waals surface area contributed by atoms with Crippen molar-refractivity contribution in [2.75, 3.05) is 33.8 Å². The van der Waals surface area contributed by atoms with E-state index in [0.29, 0.717) is 6.61 Å². The predicted octanol–water partition coefficient (Wildman–Crippen LogP) is 1.13. The van der Waals surface area contributed by atoms with Gasteiger partial charge in [-0.15, -0.1) is 0 Å². The number of rotatable bonds is 7. The van der Waals surface area contributed by atoms with Crippen LogP contribution in [-0.2, 0) is 6.54 Å². The van der Waals surface area contributed by atoms with Gasteiger partial charge in [-0.05, 0) is 26.7 Å². The van der Waals surface area contributed by atoms with E-state index in [2.05, 4.69) is 22.1 Å². The first-order valence-corrected chi connectivity index (χ1v) is 5.66. The molecule has 0 saturated carbocycles. The monoisotopic (exact) mass is 223 g/mol. The average Bonchev–Trinajstić information content (AvgIpc) is 2.27. The zero-order valence-electron chi connectivity index (χ0n) is 10.4.